The van der Waals surface area contributed by atoms with Crippen molar-refractivity contribution < 1.29 is 4.79 Å². The molecule has 0 bridgehead atoms. The van der Waals surface area contributed by atoms with Gasteiger partial charge in [0.15, 0.2) is 0 Å². The van der Waals surface area contributed by atoms with Gasteiger partial charge in [0, 0.05) is 10.9 Å². The number of carbonyl (C=O) groups is 1. The normalized spacial score (nSPS) is 24.2. The SMILES string of the molecule is Cc1sc2ncn(CC(=O)N[C@@H]3CCC[C@@H](C)[C@H]3C)c(=O)c2c1C. The lowest BCUT2D eigenvalue weighted by Crippen LogP contribution is -2.45. The van der Waals surface area contributed by atoms with E-state index in [0.29, 0.717) is 17.2 Å². The molecule has 0 aliphatic heterocycles. The number of rotatable bonds is 3. The number of aromatic nitrogens is 2. The Balaban J connectivity index is 1.77. The molecule has 2 heterocycles. The minimum atomic E-state index is -0.123. The molecule has 3 rings (SSSR count). The Bertz CT molecular complexity index is 824. The lowest BCUT2D eigenvalue weighted by atomic mass is 9.78. The molecule has 2 aromatic rings. The Labute approximate surface area is 146 Å². The van der Waals surface area contributed by atoms with Gasteiger partial charge in [0.25, 0.3) is 5.56 Å². The van der Waals surface area contributed by atoms with Crippen molar-refractivity contribution in [3.05, 3.63) is 27.1 Å². The molecular formula is C18H25N3O2S. The van der Waals surface area contributed by atoms with Gasteiger partial charge in [-0.1, -0.05) is 26.7 Å². The molecule has 24 heavy (non-hydrogen) atoms. The van der Waals surface area contributed by atoms with Crippen LogP contribution in [0.2, 0.25) is 0 Å². The van der Waals surface area contributed by atoms with Crippen molar-refractivity contribution in [2.24, 2.45) is 11.8 Å². The molecule has 0 unspecified atom stereocenters. The molecule has 0 saturated heterocycles. The van der Waals surface area contributed by atoms with E-state index in [9.17, 15) is 9.59 Å². The Hall–Kier alpha value is -1.69. The van der Waals surface area contributed by atoms with Gasteiger partial charge >= 0.3 is 0 Å². The Morgan fingerprint density at radius 2 is 2.12 bits per heavy atom. The van der Waals surface area contributed by atoms with E-state index in [-0.39, 0.29) is 24.1 Å². The summed E-state index contributed by atoms with van der Waals surface area (Å²) in [6.45, 7) is 8.41. The van der Waals surface area contributed by atoms with Crippen LogP contribution >= 0.6 is 11.3 Å². The highest BCUT2D eigenvalue weighted by atomic mass is 32.1. The zero-order chi connectivity index (χ0) is 17.4. The molecule has 1 amide bonds. The van der Waals surface area contributed by atoms with Gasteiger partial charge in [-0.3, -0.25) is 14.2 Å². The number of carbonyl (C=O) groups excluding carboxylic acids is 1. The Morgan fingerprint density at radius 3 is 2.88 bits per heavy atom. The van der Waals surface area contributed by atoms with Gasteiger partial charge in [0.2, 0.25) is 5.91 Å². The van der Waals surface area contributed by atoms with Crippen LogP contribution in [0.15, 0.2) is 11.1 Å². The maximum Gasteiger partial charge on any atom is 0.262 e. The summed E-state index contributed by atoms with van der Waals surface area (Å²) in [5.74, 6) is 0.997. The average Bonchev–Trinajstić information content (AvgIpc) is 2.82. The van der Waals surface area contributed by atoms with E-state index in [0.717, 1.165) is 28.1 Å². The van der Waals surface area contributed by atoms with E-state index in [1.165, 1.54) is 28.7 Å². The number of aryl methyl sites for hydroxylation is 2. The van der Waals surface area contributed by atoms with Crippen molar-refractivity contribution in [2.75, 3.05) is 0 Å². The quantitative estimate of drug-likeness (QED) is 0.928. The monoisotopic (exact) mass is 347 g/mol. The lowest BCUT2D eigenvalue weighted by molar-refractivity contribution is -0.123. The predicted molar refractivity (Wildman–Crippen MR) is 97.5 cm³/mol. The van der Waals surface area contributed by atoms with Crippen LogP contribution in [-0.4, -0.2) is 21.5 Å². The number of nitrogens with one attached hydrogen (secondary N) is 1. The van der Waals surface area contributed by atoms with Gasteiger partial charge in [0.1, 0.15) is 11.4 Å². The van der Waals surface area contributed by atoms with Crippen molar-refractivity contribution in [1.29, 1.82) is 0 Å². The highest BCUT2D eigenvalue weighted by Gasteiger charge is 2.28. The Morgan fingerprint density at radius 1 is 1.38 bits per heavy atom. The van der Waals surface area contributed by atoms with Gasteiger partial charge in [-0.2, -0.15) is 0 Å². The van der Waals surface area contributed by atoms with Crippen LogP contribution in [0.25, 0.3) is 10.2 Å². The summed E-state index contributed by atoms with van der Waals surface area (Å²) < 4.78 is 1.42. The van der Waals surface area contributed by atoms with Crippen molar-refractivity contribution >= 4 is 27.5 Å². The van der Waals surface area contributed by atoms with Crippen LogP contribution < -0.4 is 10.9 Å². The van der Waals surface area contributed by atoms with E-state index in [2.05, 4.69) is 24.1 Å². The molecule has 1 fully saturated rings. The molecule has 1 N–H and O–H groups in total. The summed E-state index contributed by atoms with van der Waals surface area (Å²) in [5.41, 5.74) is 0.846. The Kier molecular flexibility index (Phi) is 4.76. The summed E-state index contributed by atoms with van der Waals surface area (Å²) >= 11 is 1.52. The molecule has 3 atom stereocenters. The molecule has 2 aromatic heterocycles. The van der Waals surface area contributed by atoms with Crippen molar-refractivity contribution in [3.63, 3.8) is 0 Å². The summed E-state index contributed by atoms with van der Waals surface area (Å²) in [6.07, 6.45) is 4.89. The molecule has 0 radical (unpaired) electrons. The molecule has 0 spiro atoms. The molecule has 1 aliphatic carbocycles. The van der Waals surface area contributed by atoms with Crippen LogP contribution in [0.5, 0.6) is 0 Å². The average molecular weight is 347 g/mol. The van der Waals surface area contributed by atoms with Gasteiger partial charge in [-0.25, -0.2) is 4.98 Å². The van der Waals surface area contributed by atoms with E-state index < -0.39 is 0 Å². The van der Waals surface area contributed by atoms with Crippen molar-refractivity contribution in [1.82, 2.24) is 14.9 Å². The zero-order valence-corrected chi connectivity index (χ0v) is 15.6. The van der Waals surface area contributed by atoms with E-state index in [1.54, 1.807) is 0 Å². The second-order valence-electron chi connectivity index (χ2n) is 7.08. The first kappa shape index (κ1) is 17.1. The minimum absolute atomic E-state index is 0.0354. The maximum absolute atomic E-state index is 12.7. The van der Waals surface area contributed by atoms with Gasteiger partial charge < -0.3 is 5.32 Å². The largest absolute Gasteiger partial charge is 0.352 e. The number of amides is 1. The number of thiophene rings is 1. The zero-order valence-electron chi connectivity index (χ0n) is 14.8. The number of hydrogen-bond acceptors (Lipinski definition) is 4. The first-order chi connectivity index (χ1) is 11.4. The summed E-state index contributed by atoms with van der Waals surface area (Å²) in [7, 11) is 0. The van der Waals surface area contributed by atoms with E-state index in [4.69, 9.17) is 0 Å². The minimum Gasteiger partial charge on any atom is -0.352 e. The molecule has 0 aromatic carbocycles. The van der Waals surface area contributed by atoms with Gasteiger partial charge in [0.05, 0.1) is 11.7 Å². The van der Waals surface area contributed by atoms with Crippen LogP contribution in [0, 0.1) is 25.7 Å². The standard InChI is InChI=1S/C18H25N3O2S/c1-10-6-5-7-14(11(10)2)20-15(22)8-21-9-19-17-16(18(21)23)12(3)13(4)24-17/h9-11,14H,5-8H2,1-4H3,(H,20,22)/t10-,11-,14-/m1/s1. The fourth-order valence-corrected chi connectivity index (χ4v) is 4.56. The third-order valence-electron chi connectivity index (χ3n) is 5.52. The van der Waals surface area contributed by atoms with Crippen LogP contribution in [-0.2, 0) is 11.3 Å². The fourth-order valence-electron chi connectivity index (χ4n) is 3.58. The van der Waals surface area contributed by atoms with Crippen molar-refractivity contribution in [3.8, 4) is 0 Å². The third-order valence-corrected chi connectivity index (χ3v) is 6.64. The number of fused-ring (bicyclic) bond motifs is 1. The van der Waals surface area contributed by atoms with Crippen LogP contribution in [0.3, 0.4) is 0 Å². The molecule has 130 valence electrons. The smallest absolute Gasteiger partial charge is 0.262 e. The third kappa shape index (κ3) is 3.11. The summed E-state index contributed by atoms with van der Waals surface area (Å²) in [4.78, 5) is 31.3. The molecular weight excluding hydrogens is 322 g/mol. The second-order valence-corrected chi connectivity index (χ2v) is 8.29. The predicted octanol–water partition coefficient (Wildman–Crippen LogP) is 3.02. The van der Waals surface area contributed by atoms with E-state index in [1.807, 2.05) is 13.8 Å². The summed E-state index contributed by atoms with van der Waals surface area (Å²) in [5, 5.41) is 3.76. The van der Waals surface area contributed by atoms with Crippen molar-refractivity contribution in [2.45, 2.75) is 59.5 Å². The van der Waals surface area contributed by atoms with Crippen LogP contribution in [0.4, 0.5) is 0 Å². The molecule has 5 nitrogen and oxygen atoms in total. The molecule has 6 heteroatoms. The highest BCUT2D eigenvalue weighted by molar-refractivity contribution is 7.18. The first-order valence-corrected chi connectivity index (χ1v) is 9.44. The number of hydrogen-bond donors (Lipinski definition) is 1. The number of nitrogens with zero attached hydrogens (tertiary/aromatic N) is 2. The molecule has 1 saturated carbocycles. The summed E-state index contributed by atoms with van der Waals surface area (Å²) in [6, 6.07) is 0.207. The lowest BCUT2D eigenvalue weighted by Gasteiger charge is -2.34. The fraction of sp³-hybridized carbons (Fsp3) is 0.611. The van der Waals surface area contributed by atoms with Gasteiger partial charge in [-0.15, -0.1) is 11.3 Å². The molecule has 1 aliphatic rings. The second kappa shape index (κ2) is 6.67. The topological polar surface area (TPSA) is 64.0 Å². The van der Waals surface area contributed by atoms with Gasteiger partial charge in [-0.05, 0) is 37.7 Å². The van der Waals surface area contributed by atoms with Crippen LogP contribution in [0.1, 0.15) is 43.6 Å². The van der Waals surface area contributed by atoms with E-state index >= 15 is 0 Å². The first-order valence-electron chi connectivity index (χ1n) is 8.63. The highest BCUT2D eigenvalue weighted by Crippen LogP contribution is 2.29. The maximum atomic E-state index is 12.7.